The second-order valence-electron chi connectivity index (χ2n) is 2.12. The van der Waals surface area contributed by atoms with E-state index < -0.39 is 0 Å². The molecule has 2 nitrogen and oxygen atoms in total. The number of hydrogen-bond donors (Lipinski definition) is 1. The zero-order chi connectivity index (χ0) is 6.85. The third kappa shape index (κ3) is 1.10. The smallest absolute Gasteiger partial charge is 0.234 e. The average molecular weight is 143 g/mol. The molecule has 1 amide bonds. The van der Waals surface area contributed by atoms with Gasteiger partial charge in [-0.3, -0.25) is 9.10 Å². The molecule has 1 fully saturated rings. The molecule has 0 aromatic heterocycles. The number of carbonyl (C=O) groups excluding carboxylic acids is 1. The van der Waals surface area contributed by atoms with Gasteiger partial charge in [0.2, 0.25) is 5.91 Å². The van der Waals surface area contributed by atoms with Gasteiger partial charge < -0.3 is 0 Å². The number of β-lactam (4-membered cyclic amide) rings is 1. The molecule has 0 aromatic rings. The van der Waals surface area contributed by atoms with Crippen LogP contribution in [0.5, 0.6) is 0 Å². The summed E-state index contributed by atoms with van der Waals surface area (Å²) in [6, 6.07) is 0.304. The van der Waals surface area contributed by atoms with Gasteiger partial charge in [0.1, 0.15) is 0 Å². The Morgan fingerprint density at radius 1 is 2.00 bits per heavy atom. The first-order valence-corrected chi connectivity index (χ1v) is 3.27. The van der Waals surface area contributed by atoms with Crippen LogP contribution < -0.4 is 0 Å². The molecule has 50 valence electrons. The highest BCUT2D eigenvalue weighted by molar-refractivity contribution is 7.78. The van der Waals surface area contributed by atoms with Crippen molar-refractivity contribution in [2.24, 2.45) is 0 Å². The normalized spacial score (nSPS) is 25.7. The quantitative estimate of drug-likeness (QED) is 0.347. The van der Waals surface area contributed by atoms with Gasteiger partial charge in [-0.05, 0) is 6.42 Å². The Hall–Kier alpha value is -0.440. The van der Waals surface area contributed by atoms with Crippen LogP contribution in [-0.2, 0) is 4.79 Å². The van der Waals surface area contributed by atoms with E-state index in [0.29, 0.717) is 12.5 Å². The molecule has 9 heavy (non-hydrogen) atoms. The summed E-state index contributed by atoms with van der Waals surface area (Å²) in [5.41, 5.74) is 0. The fourth-order valence-electron chi connectivity index (χ4n) is 0.848. The summed E-state index contributed by atoms with van der Waals surface area (Å²) >= 11 is 3.94. The molecule has 0 spiro atoms. The van der Waals surface area contributed by atoms with Crippen LogP contribution >= 0.6 is 12.8 Å². The van der Waals surface area contributed by atoms with Gasteiger partial charge in [-0.2, -0.15) is 0 Å². The summed E-state index contributed by atoms with van der Waals surface area (Å²) in [5, 5.41) is 0. The molecule has 1 atom stereocenters. The number of rotatable bonds is 2. The number of carbonyl (C=O) groups is 1. The summed E-state index contributed by atoms with van der Waals surface area (Å²) in [5.74, 6) is 0.116. The Morgan fingerprint density at radius 3 is 3.00 bits per heavy atom. The first-order valence-electron chi connectivity index (χ1n) is 2.87. The summed E-state index contributed by atoms with van der Waals surface area (Å²) in [6.45, 7) is 3.57. The van der Waals surface area contributed by atoms with Gasteiger partial charge >= 0.3 is 0 Å². The van der Waals surface area contributed by atoms with Gasteiger partial charge in [-0.15, -0.1) is 6.58 Å². The molecule has 1 unspecified atom stereocenters. The Kier molecular flexibility index (Phi) is 1.81. The van der Waals surface area contributed by atoms with Crippen molar-refractivity contribution in [1.29, 1.82) is 0 Å². The molecule has 0 saturated carbocycles. The minimum atomic E-state index is 0.116. The first-order chi connectivity index (χ1) is 4.25. The summed E-state index contributed by atoms with van der Waals surface area (Å²) in [6.07, 6.45) is 3.30. The van der Waals surface area contributed by atoms with Crippen molar-refractivity contribution < 1.29 is 4.79 Å². The lowest BCUT2D eigenvalue weighted by Crippen LogP contribution is -2.45. The highest BCUT2D eigenvalue weighted by atomic mass is 32.1. The Balaban J connectivity index is 2.32. The van der Waals surface area contributed by atoms with E-state index in [0.717, 1.165) is 6.42 Å². The first kappa shape index (κ1) is 6.68. The molecule has 1 rings (SSSR count). The van der Waals surface area contributed by atoms with Gasteiger partial charge in [0.15, 0.2) is 0 Å². The largest absolute Gasteiger partial charge is 0.285 e. The second kappa shape index (κ2) is 2.43. The summed E-state index contributed by atoms with van der Waals surface area (Å²) in [4.78, 5) is 10.5. The third-order valence-corrected chi connectivity index (χ3v) is 2.00. The molecule has 0 radical (unpaired) electrons. The third-order valence-electron chi connectivity index (χ3n) is 1.45. The molecule has 0 N–H and O–H groups in total. The molecular formula is C6H9NOS. The minimum absolute atomic E-state index is 0.116. The maximum Gasteiger partial charge on any atom is 0.234 e. The van der Waals surface area contributed by atoms with Gasteiger partial charge in [0.05, 0.1) is 6.04 Å². The zero-order valence-corrected chi connectivity index (χ0v) is 5.97. The van der Waals surface area contributed by atoms with E-state index in [1.807, 2.05) is 0 Å². The molecule has 0 bridgehead atoms. The standard InChI is InChI=1S/C6H9NOS/c1-2-3-5-4-6(8)7(5)9/h2,5,9H,1,3-4H2. The van der Waals surface area contributed by atoms with Crippen LogP contribution in [0.25, 0.3) is 0 Å². The van der Waals surface area contributed by atoms with E-state index in [4.69, 9.17) is 0 Å². The van der Waals surface area contributed by atoms with Gasteiger partial charge in [-0.1, -0.05) is 18.9 Å². The monoisotopic (exact) mass is 143 g/mol. The molecule has 0 aliphatic carbocycles. The van der Waals surface area contributed by atoms with Crippen molar-refractivity contribution in [3.8, 4) is 0 Å². The van der Waals surface area contributed by atoms with Crippen molar-refractivity contribution in [3.05, 3.63) is 12.7 Å². The number of nitrogens with zero attached hydrogens (tertiary/aromatic N) is 1. The molecule has 1 aliphatic rings. The van der Waals surface area contributed by atoms with Crippen LogP contribution in [0.2, 0.25) is 0 Å². The molecule has 0 aromatic carbocycles. The van der Waals surface area contributed by atoms with Gasteiger partial charge in [0, 0.05) is 6.42 Å². The van der Waals surface area contributed by atoms with Crippen molar-refractivity contribution in [2.75, 3.05) is 0 Å². The Bertz CT molecular complexity index is 144. The lowest BCUT2D eigenvalue weighted by Gasteiger charge is -2.34. The minimum Gasteiger partial charge on any atom is -0.285 e. The van der Waals surface area contributed by atoms with Crippen molar-refractivity contribution in [1.82, 2.24) is 4.31 Å². The molecule has 3 heteroatoms. The fraction of sp³-hybridized carbons (Fsp3) is 0.500. The Morgan fingerprint density at radius 2 is 2.67 bits per heavy atom. The van der Waals surface area contributed by atoms with E-state index in [2.05, 4.69) is 19.4 Å². The van der Waals surface area contributed by atoms with E-state index in [1.54, 1.807) is 6.08 Å². The molecule has 1 aliphatic heterocycles. The van der Waals surface area contributed by atoms with Crippen LogP contribution in [0.4, 0.5) is 0 Å². The van der Waals surface area contributed by atoms with Crippen LogP contribution in [-0.4, -0.2) is 16.3 Å². The zero-order valence-electron chi connectivity index (χ0n) is 5.08. The van der Waals surface area contributed by atoms with Crippen molar-refractivity contribution in [2.45, 2.75) is 18.9 Å². The van der Waals surface area contributed by atoms with E-state index in [9.17, 15) is 4.79 Å². The van der Waals surface area contributed by atoms with Gasteiger partial charge in [-0.25, -0.2) is 0 Å². The Labute approximate surface area is 60.1 Å². The van der Waals surface area contributed by atoms with Crippen LogP contribution in [0.15, 0.2) is 12.7 Å². The lowest BCUT2D eigenvalue weighted by atomic mass is 10.0. The maximum atomic E-state index is 10.5. The number of hydrogen-bond acceptors (Lipinski definition) is 2. The lowest BCUT2D eigenvalue weighted by molar-refractivity contribution is -0.136. The maximum absolute atomic E-state index is 10.5. The highest BCUT2D eigenvalue weighted by Gasteiger charge is 2.32. The van der Waals surface area contributed by atoms with Crippen molar-refractivity contribution >= 4 is 18.7 Å². The SMILES string of the molecule is C=CCC1CC(=O)N1S. The molecule has 1 saturated heterocycles. The topological polar surface area (TPSA) is 20.3 Å². The van der Waals surface area contributed by atoms with Crippen LogP contribution in [0.1, 0.15) is 12.8 Å². The number of amides is 1. The predicted molar refractivity (Wildman–Crippen MR) is 39.1 cm³/mol. The molecular weight excluding hydrogens is 134 g/mol. The van der Waals surface area contributed by atoms with E-state index in [-0.39, 0.29) is 5.91 Å². The van der Waals surface area contributed by atoms with Crippen molar-refractivity contribution in [3.63, 3.8) is 0 Å². The molecule has 1 heterocycles. The average Bonchev–Trinajstić information content (AvgIpc) is 1.88. The van der Waals surface area contributed by atoms with Crippen LogP contribution in [0.3, 0.4) is 0 Å². The van der Waals surface area contributed by atoms with E-state index in [1.165, 1.54) is 4.31 Å². The summed E-state index contributed by atoms with van der Waals surface area (Å²) < 4.78 is 1.46. The highest BCUT2D eigenvalue weighted by Crippen LogP contribution is 2.23. The van der Waals surface area contributed by atoms with E-state index >= 15 is 0 Å². The predicted octanol–water partition coefficient (Wildman–Crippen LogP) is 1.01. The fourth-order valence-corrected chi connectivity index (χ4v) is 1.11. The van der Waals surface area contributed by atoms with Crippen LogP contribution in [0, 0.1) is 0 Å². The van der Waals surface area contributed by atoms with Gasteiger partial charge in [0.25, 0.3) is 0 Å². The number of thiol groups is 1. The summed E-state index contributed by atoms with van der Waals surface area (Å²) in [7, 11) is 0. The second-order valence-corrected chi connectivity index (χ2v) is 2.55.